The van der Waals surface area contributed by atoms with Crippen LogP contribution in [0.1, 0.15) is 18.1 Å². The van der Waals surface area contributed by atoms with Gasteiger partial charge in [0.2, 0.25) is 0 Å². The zero-order valence-electron chi connectivity index (χ0n) is 15.5. The Kier molecular flexibility index (Phi) is 4.48. The minimum absolute atomic E-state index is 0.207. The first-order valence-corrected chi connectivity index (χ1v) is 8.47. The topological polar surface area (TPSA) is 55.8 Å². The first-order chi connectivity index (χ1) is 12.4. The second kappa shape index (κ2) is 6.48. The van der Waals surface area contributed by atoms with E-state index in [1.54, 1.807) is 0 Å². The lowest BCUT2D eigenvalue weighted by Gasteiger charge is -2.54. The molecule has 0 radical (unpaired) electrons. The van der Waals surface area contributed by atoms with Gasteiger partial charge in [0.15, 0.2) is 5.41 Å². The Morgan fingerprint density at radius 1 is 0.923 bits per heavy atom. The van der Waals surface area contributed by atoms with Crippen molar-refractivity contribution in [3.63, 3.8) is 0 Å². The maximum atomic E-state index is 13.1. The number of ether oxygens (including phenoxy) is 2. The van der Waals surface area contributed by atoms with Crippen LogP contribution in [0.3, 0.4) is 0 Å². The van der Waals surface area contributed by atoms with Gasteiger partial charge in [0.25, 0.3) is 0 Å². The van der Waals surface area contributed by atoms with E-state index in [4.69, 9.17) is 9.47 Å². The van der Waals surface area contributed by atoms with E-state index in [9.17, 15) is 9.59 Å². The molecule has 1 aliphatic rings. The zero-order chi connectivity index (χ0) is 18.9. The minimum Gasteiger partial charge on any atom is -0.468 e. The smallest absolute Gasteiger partial charge is 0.326 e. The van der Waals surface area contributed by atoms with Crippen molar-refractivity contribution < 1.29 is 19.1 Å². The van der Waals surface area contributed by atoms with Gasteiger partial charge in [-0.3, -0.25) is 9.59 Å². The molecular weight excluding hydrogens is 330 g/mol. The van der Waals surface area contributed by atoms with Crippen molar-refractivity contribution >= 4 is 17.6 Å². The maximum absolute atomic E-state index is 13.1. The Morgan fingerprint density at radius 3 is 2.04 bits per heavy atom. The van der Waals surface area contributed by atoms with Crippen molar-refractivity contribution in [2.24, 2.45) is 5.41 Å². The molecule has 1 atom stereocenters. The molecule has 0 amide bonds. The molecule has 0 unspecified atom stereocenters. The molecule has 1 aliphatic heterocycles. The molecule has 0 bridgehead atoms. The van der Waals surface area contributed by atoms with Gasteiger partial charge >= 0.3 is 11.9 Å². The number of hydrogen-bond donors (Lipinski definition) is 0. The molecule has 0 saturated carbocycles. The Balaban J connectivity index is 2.38. The average Bonchev–Trinajstić information content (AvgIpc) is 2.70. The van der Waals surface area contributed by atoms with Crippen molar-refractivity contribution in [2.75, 3.05) is 26.2 Å². The lowest BCUT2D eigenvalue weighted by molar-refractivity contribution is -0.176. The molecule has 0 spiro atoms. The van der Waals surface area contributed by atoms with Crippen molar-refractivity contribution in [1.82, 2.24) is 0 Å². The number of para-hydroxylation sites is 1. The summed E-state index contributed by atoms with van der Waals surface area (Å²) in [6, 6.07) is 17.3. The summed E-state index contributed by atoms with van der Waals surface area (Å²) in [5, 5.41) is 0. The molecule has 3 rings (SSSR count). The summed E-state index contributed by atoms with van der Waals surface area (Å²) in [6.45, 7) is 1.89. The fraction of sp³-hybridized carbons (Fsp3) is 0.333. The molecule has 0 saturated heterocycles. The standard InChI is InChI=1S/C21H23NO4/c1-20(16-11-6-5-7-12-16)21(18(23)25-3,19(24)26-4)14-15-10-8-9-13-17(15)22(20)2/h5-13H,14H2,1-4H3/t20-/m0/s1. The first-order valence-electron chi connectivity index (χ1n) is 8.47. The highest BCUT2D eigenvalue weighted by molar-refractivity contribution is 6.04. The van der Waals surface area contributed by atoms with Crippen LogP contribution in [0.25, 0.3) is 0 Å². The van der Waals surface area contributed by atoms with E-state index >= 15 is 0 Å². The predicted molar refractivity (Wildman–Crippen MR) is 98.8 cm³/mol. The zero-order valence-corrected chi connectivity index (χ0v) is 15.5. The van der Waals surface area contributed by atoms with Gasteiger partial charge in [0, 0.05) is 19.2 Å². The number of rotatable bonds is 3. The van der Waals surface area contributed by atoms with Gasteiger partial charge in [-0.1, -0.05) is 48.5 Å². The van der Waals surface area contributed by atoms with E-state index in [2.05, 4.69) is 0 Å². The van der Waals surface area contributed by atoms with Crippen molar-refractivity contribution in [3.8, 4) is 0 Å². The summed E-state index contributed by atoms with van der Waals surface area (Å²) >= 11 is 0. The number of hydrogen-bond acceptors (Lipinski definition) is 5. The summed E-state index contributed by atoms with van der Waals surface area (Å²) in [5.74, 6) is -1.20. The largest absolute Gasteiger partial charge is 0.468 e. The third-order valence-corrected chi connectivity index (χ3v) is 5.71. The lowest BCUT2D eigenvalue weighted by Crippen LogP contribution is -2.65. The van der Waals surface area contributed by atoms with Gasteiger partial charge in [-0.2, -0.15) is 0 Å². The number of esters is 2. The van der Waals surface area contributed by atoms with Gasteiger partial charge in [-0.05, 0) is 24.1 Å². The van der Waals surface area contributed by atoms with Gasteiger partial charge in [0.05, 0.1) is 19.8 Å². The minimum atomic E-state index is -1.53. The monoisotopic (exact) mass is 353 g/mol. The molecule has 136 valence electrons. The highest BCUT2D eigenvalue weighted by Gasteiger charge is 2.66. The SMILES string of the molecule is COC(=O)C1(C(=O)OC)Cc2ccccc2N(C)[C@@]1(C)c1ccccc1. The average molecular weight is 353 g/mol. The van der Waals surface area contributed by atoms with Crippen LogP contribution < -0.4 is 4.90 Å². The molecule has 0 N–H and O–H groups in total. The van der Waals surface area contributed by atoms with Crippen molar-refractivity contribution in [2.45, 2.75) is 18.9 Å². The Morgan fingerprint density at radius 2 is 1.46 bits per heavy atom. The van der Waals surface area contributed by atoms with Crippen LogP contribution in [-0.2, 0) is 31.0 Å². The normalized spacial score (nSPS) is 20.8. The van der Waals surface area contributed by atoms with E-state index in [-0.39, 0.29) is 6.42 Å². The summed E-state index contributed by atoms with van der Waals surface area (Å²) in [4.78, 5) is 28.1. The number of methoxy groups -OCH3 is 2. The molecule has 26 heavy (non-hydrogen) atoms. The number of nitrogens with zero attached hydrogens (tertiary/aromatic N) is 1. The second-order valence-electron chi connectivity index (χ2n) is 6.69. The Labute approximate surface area is 153 Å². The number of carbonyl (C=O) groups excluding carboxylic acids is 2. The number of anilines is 1. The maximum Gasteiger partial charge on any atom is 0.326 e. The lowest BCUT2D eigenvalue weighted by atomic mass is 9.60. The van der Waals surface area contributed by atoms with Crippen molar-refractivity contribution in [3.05, 3.63) is 65.7 Å². The van der Waals surface area contributed by atoms with Crippen LogP contribution >= 0.6 is 0 Å². The first kappa shape index (κ1) is 18.0. The van der Waals surface area contributed by atoms with Crippen LogP contribution in [0.15, 0.2) is 54.6 Å². The second-order valence-corrected chi connectivity index (χ2v) is 6.69. The highest BCUT2D eigenvalue weighted by atomic mass is 16.5. The van der Waals surface area contributed by atoms with Crippen LogP contribution in [-0.4, -0.2) is 33.2 Å². The third-order valence-electron chi connectivity index (χ3n) is 5.71. The van der Waals surface area contributed by atoms with E-state index in [0.717, 1.165) is 16.8 Å². The van der Waals surface area contributed by atoms with Gasteiger partial charge in [-0.25, -0.2) is 0 Å². The van der Waals surface area contributed by atoms with Gasteiger partial charge < -0.3 is 14.4 Å². The molecule has 2 aromatic rings. The quantitative estimate of drug-likeness (QED) is 0.627. The molecule has 5 heteroatoms. The number of fused-ring (bicyclic) bond motifs is 1. The highest BCUT2D eigenvalue weighted by Crippen LogP contribution is 2.54. The summed E-state index contributed by atoms with van der Waals surface area (Å²) in [6.07, 6.45) is 0.207. The third kappa shape index (κ3) is 2.23. The van der Waals surface area contributed by atoms with Gasteiger partial charge in [-0.15, -0.1) is 0 Å². The fourth-order valence-corrected chi connectivity index (χ4v) is 4.15. The van der Waals surface area contributed by atoms with Crippen molar-refractivity contribution in [1.29, 1.82) is 0 Å². The molecule has 0 aliphatic carbocycles. The molecule has 0 fully saturated rings. The molecule has 5 nitrogen and oxygen atoms in total. The molecule has 0 aromatic heterocycles. The fourth-order valence-electron chi connectivity index (χ4n) is 4.15. The number of benzene rings is 2. The van der Waals surface area contributed by atoms with Crippen LogP contribution in [0.2, 0.25) is 0 Å². The van der Waals surface area contributed by atoms with Gasteiger partial charge in [0.1, 0.15) is 0 Å². The molecular formula is C21H23NO4. The number of carbonyl (C=O) groups is 2. The van der Waals surface area contributed by atoms with E-state index < -0.39 is 22.9 Å². The van der Waals surface area contributed by atoms with E-state index in [1.165, 1.54) is 14.2 Å². The molecule has 1 heterocycles. The van der Waals surface area contributed by atoms with Crippen LogP contribution in [0, 0.1) is 5.41 Å². The molecule has 2 aromatic carbocycles. The summed E-state index contributed by atoms with van der Waals surface area (Å²) in [7, 11) is 4.50. The Hall–Kier alpha value is -2.82. The predicted octanol–water partition coefficient (Wildman–Crippen LogP) is 2.93. The van der Waals surface area contributed by atoms with Crippen LogP contribution in [0.4, 0.5) is 5.69 Å². The summed E-state index contributed by atoms with van der Waals surface area (Å²) in [5.41, 5.74) is 0.207. The van der Waals surface area contributed by atoms with Crippen LogP contribution in [0.5, 0.6) is 0 Å². The van der Waals surface area contributed by atoms with E-state index in [1.807, 2.05) is 73.5 Å². The Bertz CT molecular complexity index is 817. The van der Waals surface area contributed by atoms with E-state index in [0.29, 0.717) is 0 Å². The summed E-state index contributed by atoms with van der Waals surface area (Å²) < 4.78 is 10.3.